The molecule has 1 aromatic carbocycles. The summed E-state index contributed by atoms with van der Waals surface area (Å²) in [6, 6.07) is 6.58. The van der Waals surface area contributed by atoms with Gasteiger partial charge in [0.2, 0.25) is 5.91 Å². The Morgan fingerprint density at radius 3 is 2.50 bits per heavy atom. The van der Waals surface area contributed by atoms with Gasteiger partial charge in [-0.05, 0) is 50.6 Å². The Morgan fingerprint density at radius 2 is 1.95 bits per heavy atom. The highest BCUT2D eigenvalue weighted by Crippen LogP contribution is 2.16. The van der Waals surface area contributed by atoms with E-state index in [1.54, 1.807) is 19.9 Å². The first-order valence-corrected chi connectivity index (χ1v) is 7.05. The van der Waals surface area contributed by atoms with Crippen LogP contribution in [-0.4, -0.2) is 15.5 Å². The van der Waals surface area contributed by atoms with E-state index < -0.39 is 11.7 Å². The Kier molecular flexibility index (Phi) is 4.70. The summed E-state index contributed by atoms with van der Waals surface area (Å²) in [5.74, 6) is -0.704. The Bertz CT molecular complexity index is 738. The van der Waals surface area contributed by atoms with Gasteiger partial charge in [0.25, 0.3) is 0 Å². The minimum Gasteiger partial charge on any atom is -0.324 e. The SMILES string of the molecule is CCC(C(=O)Nc1ccc(F)cc1)n1c(C)cc(C)nc1=O. The van der Waals surface area contributed by atoms with Crippen LogP contribution >= 0.6 is 0 Å². The highest BCUT2D eigenvalue weighted by molar-refractivity contribution is 5.93. The Morgan fingerprint density at radius 1 is 1.32 bits per heavy atom. The lowest BCUT2D eigenvalue weighted by molar-refractivity contribution is -0.119. The number of hydrogen-bond donors (Lipinski definition) is 1. The lowest BCUT2D eigenvalue weighted by Crippen LogP contribution is -2.36. The average Bonchev–Trinajstić information content (AvgIpc) is 2.45. The minimum absolute atomic E-state index is 0.329. The summed E-state index contributed by atoms with van der Waals surface area (Å²) in [4.78, 5) is 28.4. The highest BCUT2D eigenvalue weighted by atomic mass is 19.1. The molecule has 2 rings (SSSR count). The zero-order valence-electron chi connectivity index (χ0n) is 12.8. The van der Waals surface area contributed by atoms with Crippen LogP contribution < -0.4 is 11.0 Å². The second kappa shape index (κ2) is 6.51. The number of halogens is 1. The molecule has 0 saturated heterocycles. The maximum atomic E-state index is 12.9. The molecule has 5 nitrogen and oxygen atoms in total. The van der Waals surface area contributed by atoms with Crippen molar-refractivity contribution in [2.75, 3.05) is 5.32 Å². The molecule has 0 aliphatic carbocycles. The molecule has 1 aromatic heterocycles. The fourth-order valence-corrected chi connectivity index (χ4v) is 2.38. The fourth-order valence-electron chi connectivity index (χ4n) is 2.38. The molecule has 0 aliphatic heterocycles. The van der Waals surface area contributed by atoms with Gasteiger partial charge in [0.1, 0.15) is 11.9 Å². The largest absolute Gasteiger partial charge is 0.348 e. The quantitative estimate of drug-likeness (QED) is 0.944. The van der Waals surface area contributed by atoms with Crippen molar-refractivity contribution >= 4 is 11.6 Å². The van der Waals surface area contributed by atoms with Gasteiger partial charge in [0.15, 0.2) is 0 Å². The van der Waals surface area contributed by atoms with Crippen molar-refractivity contribution in [3.05, 3.63) is 58.0 Å². The van der Waals surface area contributed by atoms with Gasteiger partial charge in [-0.1, -0.05) is 6.92 Å². The van der Waals surface area contributed by atoms with E-state index in [-0.39, 0.29) is 11.7 Å². The third-order valence-corrected chi connectivity index (χ3v) is 3.39. The van der Waals surface area contributed by atoms with Crippen LogP contribution in [0.1, 0.15) is 30.8 Å². The smallest absolute Gasteiger partial charge is 0.324 e. The monoisotopic (exact) mass is 303 g/mol. The number of carbonyl (C=O) groups excluding carboxylic acids is 1. The standard InChI is InChI=1S/C16H18FN3O2/c1-4-14(20-11(3)9-10(2)18-16(20)22)15(21)19-13-7-5-12(17)6-8-13/h5-9,14H,4H2,1-3H3,(H,19,21). The molecule has 0 saturated carbocycles. The molecule has 0 aliphatic rings. The topological polar surface area (TPSA) is 64.0 Å². The van der Waals surface area contributed by atoms with Crippen LogP contribution in [0.25, 0.3) is 0 Å². The zero-order valence-corrected chi connectivity index (χ0v) is 12.8. The van der Waals surface area contributed by atoms with Gasteiger partial charge >= 0.3 is 5.69 Å². The number of carbonyl (C=O) groups is 1. The van der Waals surface area contributed by atoms with Crippen LogP contribution in [-0.2, 0) is 4.79 Å². The molecular formula is C16H18FN3O2. The predicted molar refractivity (Wildman–Crippen MR) is 82.3 cm³/mol. The number of amides is 1. The Hall–Kier alpha value is -2.50. The molecule has 1 heterocycles. The van der Waals surface area contributed by atoms with Crippen LogP contribution in [0.5, 0.6) is 0 Å². The van der Waals surface area contributed by atoms with Crippen LogP contribution in [0.4, 0.5) is 10.1 Å². The van der Waals surface area contributed by atoms with Gasteiger partial charge in [0, 0.05) is 17.1 Å². The molecular weight excluding hydrogens is 285 g/mol. The first kappa shape index (κ1) is 15.9. The summed E-state index contributed by atoms with van der Waals surface area (Å²) in [7, 11) is 0. The van der Waals surface area contributed by atoms with Gasteiger partial charge in [-0.15, -0.1) is 0 Å². The number of hydrogen-bond acceptors (Lipinski definition) is 3. The van der Waals surface area contributed by atoms with Crippen LogP contribution in [0.3, 0.4) is 0 Å². The van der Waals surface area contributed by atoms with Crippen molar-refractivity contribution in [2.45, 2.75) is 33.2 Å². The molecule has 116 valence electrons. The van der Waals surface area contributed by atoms with Gasteiger partial charge in [-0.2, -0.15) is 4.98 Å². The normalized spacial score (nSPS) is 12.0. The lowest BCUT2D eigenvalue weighted by Gasteiger charge is -2.20. The maximum Gasteiger partial charge on any atom is 0.348 e. The molecule has 1 amide bonds. The number of benzene rings is 1. The fraction of sp³-hybridized carbons (Fsp3) is 0.312. The van der Waals surface area contributed by atoms with Gasteiger partial charge in [-0.3, -0.25) is 9.36 Å². The first-order chi connectivity index (χ1) is 10.4. The van der Waals surface area contributed by atoms with E-state index in [2.05, 4.69) is 10.3 Å². The Balaban J connectivity index is 2.30. The van der Waals surface area contributed by atoms with E-state index in [4.69, 9.17) is 0 Å². The average molecular weight is 303 g/mol. The summed E-state index contributed by atoms with van der Waals surface area (Å²) in [6.45, 7) is 5.32. The number of rotatable bonds is 4. The first-order valence-electron chi connectivity index (χ1n) is 7.05. The van der Waals surface area contributed by atoms with Crippen LogP contribution in [0.2, 0.25) is 0 Å². The number of nitrogens with one attached hydrogen (secondary N) is 1. The second-order valence-corrected chi connectivity index (χ2v) is 5.11. The van der Waals surface area contributed by atoms with Crippen molar-refractivity contribution in [1.82, 2.24) is 9.55 Å². The van der Waals surface area contributed by atoms with Crippen LogP contribution in [0.15, 0.2) is 35.1 Å². The Labute approximate surface area is 127 Å². The van der Waals surface area contributed by atoms with E-state index in [0.717, 1.165) is 0 Å². The highest BCUT2D eigenvalue weighted by Gasteiger charge is 2.22. The van der Waals surface area contributed by atoms with Crippen molar-refractivity contribution in [1.29, 1.82) is 0 Å². The van der Waals surface area contributed by atoms with Crippen LogP contribution in [0, 0.1) is 19.7 Å². The third-order valence-electron chi connectivity index (χ3n) is 3.39. The molecule has 6 heteroatoms. The maximum absolute atomic E-state index is 12.9. The van der Waals surface area contributed by atoms with Crippen molar-refractivity contribution in [3.63, 3.8) is 0 Å². The molecule has 2 aromatic rings. The summed E-state index contributed by atoms with van der Waals surface area (Å²) in [5.41, 5.74) is 1.33. The van der Waals surface area contributed by atoms with Gasteiger partial charge < -0.3 is 5.32 Å². The lowest BCUT2D eigenvalue weighted by atomic mass is 10.1. The third kappa shape index (κ3) is 3.39. The van der Waals surface area contributed by atoms with Gasteiger partial charge in [0.05, 0.1) is 0 Å². The summed E-state index contributed by atoms with van der Waals surface area (Å²) < 4.78 is 14.3. The van der Waals surface area contributed by atoms with E-state index in [1.807, 2.05) is 6.92 Å². The summed E-state index contributed by atoms with van der Waals surface area (Å²) >= 11 is 0. The van der Waals surface area contributed by atoms with Gasteiger partial charge in [-0.25, -0.2) is 9.18 Å². The molecule has 1 atom stereocenters. The van der Waals surface area contributed by atoms with Crippen molar-refractivity contribution < 1.29 is 9.18 Å². The number of aryl methyl sites for hydroxylation is 2. The van der Waals surface area contributed by atoms with E-state index in [0.29, 0.717) is 23.5 Å². The molecule has 1 N–H and O–H groups in total. The molecule has 22 heavy (non-hydrogen) atoms. The summed E-state index contributed by atoms with van der Waals surface area (Å²) in [6.07, 6.45) is 0.443. The molecule has 0 fully saturated rings. The minimum atomic E-state index is -0.661. The molecule has 0 bridgehead atoms. The second-order valence-electron chi connectivity index (χ2n) is 5.11. The molecule has 0 spiro atoms. The van der Waals surface area contributed by atoms with Crippen molar-refractivity contribution in [2.24, 2.45) is 0 Å². The molecule has 1 unspecified atom stereocenters. The number of anilines is 1. The van der Waals surface area contributed by atoms with E-state index in [9.17, 15) is 14.0 Å². The van der Waals surface area contributed by atoms with E-state index in [1.165, 1.54) is 28.8 Å². The number of aromatic nitrogens is 2. The zero-order chi connectivity index (χ0) is 16.3. The van der Waals surface area contributed by atoms with E-state index >= 15 is 0 Å². The molecule has 0 radical (unpaired) electrons. The predicted octanol–water partition coefficient (Wildman–Crippen LogP) is 2.59. The number of nitrogens with zero attached hydrogens (tertiary/aromatic N) is 2. The van der Waals surface area contributed by atoms with Crippen molar-refractivity contribution in [3.8, 4) is 0 Å². The summed E-state index contributed by atoms with van der Waals surface area (Å²) in [5, 5.41) is 2.69.